The van der Waals surface area contributed by atoms with E-state index in [1.807, 2.05) is 37.3 Å². The molecule has 3 aliphatic heterocycles. The molecule has 3 saturated heterocycles. The molecule has 1 saturated carbocycles. The number of aromatic nitrogens is 1. The van der Waals surface area contributed by atoms with E-state index in [0.717, 1.165) is 30.5 Å². The molecule has 4 aliphatic rings. The first-order valence-electron chi connectivity index (χ1n) is 12.8. The smallest absolute Gasteiger partial charge is 0.226 e. The van der Waals surface area contributed by atoms with E-state index in [9.17, 15) is 4.79 Å². The highest BCUT2D eigenvalue weighted by Gasteiger charge is 2.71. The molecule has 6 rings (SSSR count). The molecular weight excluding hydrogens is 464 g/mol. The number of carbonyl (C=O) groups excluding carboxylic acids is 1. The van der Waals surface area contributed by atoms with Gasteiger partial charge in [-0.15, -0.1) is 0 Å². The van der Waals surface area contributed by atoms with Crippen molar-refractivity contribution in [3.63, 3.8) is 0 Å². The van der Waals surface area contributed by atoms with E-state index in [0.29, 0.717) is 28.5 Å². The number of benzene rings is 1. The standard InChI is InChI=1S/C28H33ClN2O4/c1-16-7-9-21-17(2)24(33-26-28(21)20(16)11-12-27(3,34-26)35-28)15-25(32)31-18-8-10-22(29)19(14-18)23-6-4-5-13-30-23/h4-6,8,10,13-14,16-17,20-21,24,26H,7,9,11-12,15H2,1-3H3,(H,31,32)/t16-,17-,20+,21+,24-,26-,27-,28-/m1/s1. The lowest BCUT2D eigenvalue weighted by molar-refractivity contribution is -0.288. The van der Waals surface area contributed by atoms with E-state index in [-0.39, 0.29) is 30.0 Å². The molecule has 1 aromatic carbocycles. The van der Waals surface area contributed by atoms with Crippen molar-refractivity contribution in [3.8, 4) is 11.3 Å². The van der Waals surface area contributed by atoms with Gasteiger partial charge in [-0.25, -0.2) is 0 Å². The number of nitrogens with zero attached hydrogens (tertiary/aromatic N) is 1. The van der Waals surface area contributed by atoms with Crippen molar-refractivity contribution in [2.75, 3.05) is 5.32 Å². The van der Waals surface area contributed by atoms with Crippen LogP contribution in [0.1, 0.15) is 52.9 Å². The van der Waals surface area contributed by atoms with Crippen LogP contribution in [-0.2, 0) is 19.0 Å². The molecule has 1 aliphatic carbocycles. The second kappa shape index (κ2) is 8.55. The first kappa shape index (κ1) is 23.4. The molecule has 1 spiro atoms. The Morgan fingerprint density at radius 3 is 2.83 bits per heavy atom. The van der Waals surface area contributed by atoms with E-state index >= 15 is 0 Å². The third-order valence-electron chi connectivity index (χ3n) is 8.90. The van der Waals surface area contributed by atoms with Gasteiger partial charge in [0, 0.05) is 23.9 Å². The maximum atomic E-state index is 13.2. The fourth-order valence-electron chi connectivity index (χ4n) is 7.19. The van der Waals surface area contributed by atoms with Crippen LogP contribution in [0.4, 0.5) is 5.69 Å². The summed E-state index contributed by atoms with van der Waals surface area (Å²) in [5.41, 5.74) is 1.86. The zero-order chi connectivity index (χ0) is 24.4. The molecule has 6 nitrogen and oxygen atoms in total. The number of carbonyl (C=O) groups is 1. The summed E-state index contributed by atoms with van der Waals surface area (Å²) in [7, 11) is 0. The maximum Gasteiger partial charge on any atom is 0.226 e. The summed E-state index contributed by atoms with van der Waals surface area (Å²) in [6.45, 7) is 6.60. The van der Waals surface area contributed by atoms with Gasteiger partial charge in [-0.05, 0) is 80.2 Å². The van der Waals surface area contributed by atoms with Crippen molar-refractivity contribution in [1.82, 2.24) is 4.98 Å². The van der Waals surface area contributed by atoms with Crippen molar-refractivity contribution in [1.29, 1.82) is 0 Å². The third-order valence-corrected chi connectivity index (χ3v) is 9.23. The Bertz CT molecular complexity index is 1130. The SMILES string of the molecule is C[C@H]1[C@@H](CC(=O)Nc2ccc(Cl)c(-c3ccccn3)c2)O[C@@H]2O[C@@]3(C)CC[C@H]4[C@H](C)CC[C@@H]1[C@@]24O3. The number of rotatable bonds is 4. The van der Waals surface area contributed by atoms with Crippen LogP contribution in [0.25, 0.3) is 11.3 Å². The fraction of sp³-hybridized carbons (Fsp3) is 0.571. The Labute approximate surface area is 211 Å². The molecule has 8 atom stereocenters. The van der Waals surface area contributed by atoms with Gasteiger partial charge in [-0.3, -0.25) is 9.78 Å². The lowest BCUT2D eigenvalue weighted by Gasteiger charge is -2.58. The molecule has 4 heterocycles. The number of hydrogen-bond donors (Lipinski definition) is 1. The van der Waals surface area contributed by atoms with Crippen molar-refractivity contribution in [2.24, 2.45) is 23.7 Å². The van der Waals surface area contributed by atoms with Crippen molar-refractivity contribution >= 4 is 23.2 Å². The minimum Gasteiger partial charge on any atom is -0.345 e. The molecule has 1 N–H and O–H groups in total. The average molecular weight is 497 g/mol. The van der Waals surface area contributed by atoms with Gasteiger partial charge in [0.15, 0.2) is 12.1 Å². The van der Waals surface area contributed by atoms with Gasteiger partial charge < -0.3 is 19.5 Å². The highest BCUT2D eigenvalue weighted by atomic mass is 35.5. The van der Waals surface area contributed by atoms with Crippen LogP contribution in [0.2, 0.25) is 5.02 Å². The number of amides is 1. The van der Waals surface area contributed by atoms with E-state index in [1.165, 1.54) is 6.42 Å². The number of ether oxygens (including phenoxy) is 3. The zero-order valence-electron chi connectivity index (χ0n) is 20.5. The highest BCUT2D eigenvalue weighted by Crippen LogP contribution is 2.63. The summed E-state index contributed by atoms with van der Waals surface area (Å²) in [5, 5.41) is 3.64. The van der Waals surface area contributed by atoms with Gasteiger partial charge in [0.05, 0.1) is 23.2 Å². The second-order valence-corrected chi connectivity index (χ2v) is 11.4. The van der Waals surface area contributed by atoms with Crippen LogP contribution >= 0.6 is 11.6 Å². The molecule has 4 fully saturated rings. The molecule has 2 aromatic rings. The summed E-state index contributed by atoms with van der Waals surface area (Å²) in [6, 6.07) is 11.2. The van der Waals surface area contributed by atoms with Gasteiger partial charge in [-0.2, -0.15) is 0 Å². The monoisotopic (exact) mass is 496 g/mol. The summed E-state index contributed by atoms with van der Waals surface area (Å²) < 4.78 is 19.7. The Balaban J connectivity index is 1.20. The molecule has 1 amide bonds. The Hall–Kier alpha value is -1.99. The van der Waals surface area contributed by atoms with Gasteiger partial charge in [0.25, 0.3) is 0 Å². The Kier molecular flexibility index (Phi) is 5.72. The molecule has 7 heteroatoms. The first-order valence-corrected chi connectivity index (χ1v) is 13.2. The lowest BCUT2D eigenvalue weighted by Crippen LogP contribution is -2.66. The average Bonchev–Trinajstić information content (AvgIpc) is 3.06. The van der Waals surface area contributed by atoms with Gasteiger partial charge in [0.1, 0.15) is 5.60 Å². The molecule has 0 radical (unpaired) electrons. The summed E-state index contributed by atoms with van der Waals surface area (Å²) in [6.07, 6.45) is 5.64. The molecule has 1 aromatic heterocycles. The van der Waals surface area contributed by atoms with Crippen molar-refractivity contribution in [2.45, 2.75) is 76.7 Å². The van der Waals surface area contributed by atoms with E-state index in [4.69, 9.17) is 25.8 Å². The number of anilines is 1. The van der Waals surface area contributed by atoms with Crippen molar-refractivity contribution < 1.29 is 19.0 Å². The predicted molar refractivity (Wildman–Crippen MR) is 134 cm³/mol. The predicted octanol–water partition coefficient (Wildman–Crippen LogP) is 6.05. The third kappa shape index (κ3) is 3.81. The lowest BCUT2D eigenvalue weighted by atomic mass is 9.56. The summed E-state index contributed by atoms with van der Waals surface area (Å²) >= 11 is 6.41. The van der Waals surface area contributed by atoms with Crippen LogP contribution < -0.4 is 5.32 Å². The molecule has 35 heavy (non-hydrogen) atoms. The summed E-state index contributed by atoms with van der Waals surface area (Å²) in [4.78, 5) is 17.5. The number of hydrogen-bond acceptors (Lipinski definition) is 5. The van der Waals surface area contributed by atoms with E-state index in [1.54, 1.807) is 12.3 Å². The van der Waals surface area contributed by atoms with Crippen molar-refractivity contribution in [3.05, 3.63) is 47.6 Å². The van der Waals surface area contributed by atoms with Crippen LogP contribution in [0.5, 0.6) is 0 Å². The van der Waals surface area contributed by atoms with Crippen LogP contribution in [-0.4, -0.2) is 34.7 Å². The minimum atomic E-state index is -0.585. The maximum absolute atomic E-state index is 13.2. The van der Waals surface area contributed by atoms with Crippen LogP contribution in [0, 0.1) is 23.7 Å². The quantitative estimate of drug-likeness (QED) is 0.558. The van der Waals surface area contributed by atoms with Crippen LogP contribution in [0.15, 0.2) is 42.6 Å². The van der Waals surface area contributed by atoms with Gasteiger partial charge >= 0.3 is 0 Å². The number of fused-ring (bicyclic) bond motifs is 1. The highest BCUT2D eigenvalue weighted by molar-refractivity contribution is 6.33. The van der Waals surface area contributed by atoms with E-state index in [2.05, 4.69) is 24.1 Å². The summed E-state index contributed by atoms with van der Waals surface area (Å²) in [5.74, 6) is 0.894. The Morgan fingerprint density at radius 2 is 2.03 bits per heavy atom. The van der Waals surface area contributed by atoms with Crippen LogP contribution in [0.3, 0.4) is 0 Å². The zero-order valence-corrected chi connectivity index (χ0v) is 21.3. The van der Waals surface area contributed by atoms with E-state index < -0.39 is 12.1 Å². The largest absolute Gasteiger partial charge is 0.345 e. The number of halogens is 1. The molecule has 186 valence electrons. The number of nitrogens with one attached hydrogen (secondary N) is 1. The van der Waals surface area contributed by atoms with Gasteiger partial charge in [-0.1, -0.05) is 31.5 Å². The first-order chi connectivity index (χ1) is 16.8. The minimum absolute atomic E-state index is 0.0825. The molecular formula is C28H33ClN2O4. The molecule has 2 bridgehead atoms. The number of pyridine rings is 1. The molecule has 0 unspecified atom stereocenters. The topological polar surface area (TPSA) is 69.7 Å². The second-order valence-electron chi connectivity index (χ2n) is 11.0. The normalized spacial score (nSPS) is 39.7. The Morgan fingerprint density at radius 1 is 1.17 bits per heavy atom. The van der Waals surface area contributed by atoms with Gasteiger partial charge in [0.2, 0.25) is 5.91 Å². The fourth-order valence-corrected chi connectivity index (χ4v) is 7.41.